The van der Waals surface area contributed by atoms with Crippen LogP contribution in [-0.4, -0.2) is 50.6 Å². The fourth-order valence-corrected chi connectivity index (χ4v) is 4.41. The van der Waals surface area contributed by atoms with Crippen molar-refractivity contribution in [2.24, 2.45) is 0 Å². The van der Waals surface area contributed by atoms with Gasteiger partial charge in [0, 0.05) is 25.1 Å². The summed E-state index contributed by atoms with van der Waals surface area (Å²) in [5.41, 5.74) is 0. The van der Waals surface area contributed by atoms with Gasteiger partial charge >= 0.3 is 5.97 Å². The SMILES string of the molecule is C=CCN(CCOC)S(=O)(=O)c1ccc(CC(=O)O)s1. The number of methoxy groups -OCH3 is 1. The summed E-state index contributed by atoms with van der Waals surface area (Å²) in [5, 5.41) is 8.71. The number of carboxylic acids is 1. The second-order valence-corrected chi connectivity index (χ2v) is 7.27. The molecule has 1 aromatic rings. The number of hydrogen-bond donors (Lipinski definition) is 1. The molecular formula is C12H17NO5S2. The minimum absolute atomic E-state index is 0.131. The van der Waals surface area contributed by atoms with E-state index in [0.29, 0.717) is 4.88 Å². The molecular weight excluding hydrogens is 302 g/mol. The van der Waals surface area contributed by atoms with Crippen LogP contribution in [0.2, 0.25) is 0 Å². The van der Waals surface area contributed by atoms with E-state index in [1.807, 2.05) is 0 Å². The van der Waals surface area contributed by atoms with Crippen LogP contribution >= 0.6 is 11.3 Å². The van der Waals surface area contributed by atoms with E-state index >= 15 is 0 Å². The summed E-state index contributed by atoms with van der Waals surface area (Å²) < 4.78 is 31.1. The van der Waals surface area contributed by atoms with Crippen molar-refractivity contribution in [2.75, 3.05) is 26.8 Å². The predicted octanol–water partition coefficient (Wildman–Crippen LogP) is 1.20. The van der Waals surface area contributed by atoms with Crippen LogP contribution in [-0.2, 0) is 26.0 Å². The molecule has 20 heavy (non-hydrogen) atoms. The van der Waals surface area contributed by atoms with Gasteiger partial charge in [-0.3, -0.25) is 4.79 Å². The minimum Gasteiger partial charge on any atom is -0.481 e. The summed E-state index contributed by atoms with van der Waals surface area (Å²) in [7, 11) is -2.15. The lowest BCUT2D eigenvalue weighted by Gasteiger charge is -2.19. The number of nitrogens with zero attached hydrogens (tertiary/aromatic N) is 1. The van der Waals surface area contributed by atoms with E-state index in [9.17, 15) is 13.2 Å². The van der Waals surface area contributed by atoms with Crippen LogP contribution in [0.4, 0.5) is 0 Å². The van der Waals surface area contributed by atoms with E-state index in [0.717, 1.165) is 11.3 Å². The maximum atomic E-state index is 12.4. The monoisotopic (exact) mass is 319 g/mol. The van der Waals surface area contributed by atoms with Crippen molar-refractivity contribution >= 4 is 27.3 Å². The van der Waals surface area contributed by atoms with Gasteiger partial charge in [-0.15, -0.1) is 17.9 Å². The Bertz CT molecular complexity index is 564. The van der Waals surface area contributed by atoms with Gasteiger partial charge in [0.2, 0.25) is 0 Å². The molecule has 1 rings (SSSR count). The number of rotatable bonds is 9. The number of hydrogen-bond acceptors (Lipinski definition) is 5. The Morgan fingerprint density at radius 1 is 1.55 bits per heavy atom. The Morgan fingerprint density at radius 3 is 2.80 bits per heavy atom. The van der Waals surface area contributed by atoms with Gasteiger partial charge in [0.15, 0.2) is 0 Å². The minimum atomic E-state index is -3.64. The van der Waals surface area contributed by atoms with Gasteiger partial charge < -0.3 is 9.84 Å². The first kappa shape index (κ1) is 16.8. The van der Waals surface area contributed by atoms with Crippen LogP contribution < -0.4 is 0 Å². The molecule has 0 fully saturated rings. The highest BCUT2D eigenvalue weighted by molar-refractivity contribution is 7.91. The zero-order valence-corrected chi connectivity index (χ0v) is 12.7. The highest BCUT2D eigenvalue weighted by Gasteiger charge is 2.25. The van der Waals surface area contributed by atoms with Gasteiger partial charge in [0.1, 0.15) is 4.21 Å². The Morgan fingerprint density at radius 2 is 2.25 bits per heavy atom. The molecule has 112 valence electrons. The summed E-state index contributed by atoms with van der Waals surface area (Å²) in [6, 6.07) is 2.95. The smallest absolute Gasteiger partial charge is 0.308 e. The Balaban J connectivity index is 2.96. The number of carbonyl (C=O) groups is 1. The van der Waals surface area contributed by atoms with E-state index in [2.05, 4.69) is 6.58 Å². The fourth-order valence-electron chi connectivity index (χ4n) is 1.51. The number of carboxylic acid groups (broad SMARTS) is 1. The molecule has 1 heterocycles. The first-order valence-electron chi connectivity index (χ1n) is 5.82. The van der Waals surface area contributed by atoms with Crippen LogP contribution in [0, 0.1) is 0 Å². The summed E-state index contributed by atoms with van der Waals surface area (Å²) in [5.74, 6) is -0.988. The molecule has 8 heteroatoms. The second-order valence-electron chi connectivity index (χ2n) is 3.94. The average Bonchev–Trinajstić information content (AvgIpc) is 2.82. The molecule has 1 aromatic heterocycles. The van der Waals surface area contributed by atoms with Crippen molar-refractivity contribution in [1.29, 1.82) is 0 Å². The van der Waals surface area contributed by atoms with Gasteiger partial charge in [0.05, 0.1) is 13.0 Å². The van der Waals surface area contributed by atoms with Crippen LogP contribution in [0.25, 0.3) is 0 Å². The van der Waals surface area contributed by atoms with Crippen LogP contribution in [0.15, 0.2) is 29.0 Å². The number of aliphatic carboxylic acids is 1. The van der Waals surface area contributed by atoms with Gasteiger partial charge in [-0.1, -0.05) is 6.08 Å². The van der Waals surface area contributed by atoms with E-state index in [1.165, 1.54) is 29.6 Å². The molecule has 6 nitrogen and oxygen atoms in total. The van der Waals surface area contributed by atoms with Crippen LogP contribution in [0.3, 0.4) is 0 Å². The lowest BCUT2D eigenvalue weighted by atomic mass is 10.3. The number of thiophene rings is 1. The summed E-state index contributed by atoms with van der Waals surface area (Å²) >= 11 is 0.970. The second kappa shape index (κ2) is 7.53. The van der Waals surface area contributed by atoms with Crippen molar-refractivity contribution in [3.63, 3.8) is 0 Å². The number of ether oxygens (including phenoxy) is 1. The standard InChI is InChI=1S/C12H17NO5S2/c1-3-6-13(7-8-18-2)20(16,17)12-5-4-10(19-12)9-11(14)15/h3-5H,1,6-9H2,2H3,(H,14,15). The number of sulfonamides is 1. The van der Waals surface area contributed by atoms with E-state index in [1.54, 1.807) is 0 Å². The zero-order chi connectivity index (χ0) is 15.2. The van der Waals surface area contributed by atoms with Crippen LogP contribution in [0.5, 0.6) is 0 Å². The topological polar surface area (TPSA) is 83.9 Å². The molecule has 0 unspecified atom stereocenters. The molecule has 0 aliphatic rings. The molecule has 0 aliphatic carbocycles. The van der Waals surface area contributed by atoms with Gasteiger partial charge in [0.25, 0.3) is 10.0 Å². The van der Waals surface area contributed by atoms with Crippen molar-refractivity contribution < 1.29 is 23.1 Å². The van der Waals surface area contributed by atoms with Crippen LogP contribution in [0.1, 0.15) is 4.88 Å². The van der Waals surface area contributed by atoms with Crippen molar-refractivity contribution in [2.45, 2.75) is 10.6 Å². The maximum Gasteiger partial charge on any atom is 0.308 e. The first-order chi connectivity index (χ1) is 9.41. The quantitative estimate of drug-likeness (QED) is 0.691. The predicted molar refractivity (Wildman–Crippen MR) is 76.5 cm³/mol. The lowest BCUT2D eigenvalue weighted by molar-refractivity contribution is -0.136. The zero-order valence-electron chi connectivity index (χ0n) is 11.1. The normalized spacial score (nSPS) is 11.7. The average molecular weight is 319 g/mol. The third-order valence-electron chi connectivity index (χ3n) is 2.43. The van der Waals surface area contributed by atoms with E-state index in [4.69, 9.17) is 9.84 Å². The van der Waals surface area contributed by atoms with Gasteiger partial charge in [-0.25, -0.2) is 8.42 Å². The fraction of sp³-hybridized carbons (Fsp3) is 0.417. The highest BCUT2D eigenvalue weighted by atomic mass is 32.2. The van der Waals surface area contributed by atoms with Crippen molar-refractivity contribution in [3.05, 3.63) is 29.7 Å². The Kier molecular flexibility index (Phi) is 6.34. The molecule has 0 radical (unpaired) electrons. The highest BCUT2D eigenvalue weighted by Crippen LogP contribution is 2.25. The van der Waals surface area contributed by atoms with E-state index in [-0.39, 0.29) is 30.3 Å². The summed E-state index contributed by atoms with van der Waals surface area (Å²) in [6.45, 7) is 4.21. The largest absolute Gasteiger partial charge is 0.481 e. The maximum absolute atomic E-state index is 12.4. The first-order valence-corrected chi connectivity index (χ1v) is 8.08. The third-order valence-corrected chi connectivity index (χ3v) is 5.85. The molecule has 0 aromatic carbocycles. The Hall–Kier alpha value is -1.22. The summed E-state index contributed by atoms with van der Waals surface area (Å²) in [4.78, 5) is 11.1. The Labute approximate surface area is 122 Å². The summed E-state index contributed by atoms with van der Waals surface area (Å²) in [6.07, 6.45) is 1.32. The molecule has 0 atom stereocenters. The van der Waals surface area contributed by atoms with Crippen molar-refractivity contribution in [3.8, 4) is 0 Å². The molecule has 1 N–H and O–H groups in total. The molecule has 0 amide bonds. The van der Waals surface area contributed by atoms with Gasteiger partial charge in [-0.2, -0.15) is 4.31 Å². The third kappa shape index (κ3) is 4.41. The van der Waals surface area contributed by atoms with Crippen molar-refractivity contribution in [1.82, 2.24) is 4.31 Å². The molecule has 0 saturated carbocycles. The molecule has 0 saturated heterocycles. The van der Waals surface area contributed by atoms with Gasteiger partial charge in [-0.05, 0) is 12.1 Å². The van der Waals surface area contributed by atoms with E-state index < -0.39 is 16.0 Å². The molecule has 0 spiro atoms. The molecule has 0 bridgehead atoms. The lowest BCUT2D eigenvalue weighted by Crippen LogP contribution is -2.33. The molecule has 0 aliphatic heterocycles.